The lowest BCUT2D eigenvalue weighted by Crippen LogP contribution is -2.49. The Morgan fingerprint density at radius 2 is 1.73 bits per heavy atom. The van der Waals surface area contributed by atoms with Crippen LogP contribution in [0.5, 0.6) is 0 Å². The number of amides is 1. The van der Waals surface area contributed by atoms with Crippen LogP contribution in [0.15, 0.2) is 28.7 Å². The van der Waals surface area contributed by atoms with Gasteiger partial charge < -0.3 is 9.80 Å². The molecule has 0 saturated carbocycles. The molecule has 0 N–H and O–H groups in total. The fourth-order valence-electron chi connectivity index (χ4n) is 3.66. The van der Waals surface area contributed by atoms with Crippen LogP contribution < -0.4 is 0 Å². The number of likely N-dealkylation sites (tertiary alicyclic amines) is 2. The Morgan fingerprint density at radius 1 is 1.05 bits per heavy atom. The summed E-state index contributed by atoms with van der Waals surface area (Å²) in [6, 6.07) is 8.54. The van der Waals surface area contributed by atoms with Gasteiger partial charge in [-0.05, 0) is 62.9 Å². The number of hydrogen-bond acceptors (Lipinski definition) is 2. The smallest absolute Gasteiger partial charge is 0.227 e. The SMILES string of the molecule is O=C(Cc1ccc(Br)cc1)N1CCCCC1CN1CCCC1. The summed E-state index contributed by atoms with van der Waals surface area (Å²) in [5.41, 5.74) is 1.11. The highest BCUT2D eigenvalue weighted by Gasteiger charge is 2.28. The van der Waals surface area contributed by atoms with E-state index in [2.05, 4.69) is 25.7 Å². The normalized spacial score (nSPS) is 23.0. The number of halogens is 1. The third kappa shape index (κ3) is 4.11. The molecule has 1 aromatic carbocycles. The van der Waals surface area contributed by atoms with E-state index < -0.39 is 0 Å². The highest BCUT2D eigenvalue weighted by Crippen LogP contribution is 2.21. The Labute approximate surface area is 141 Å². The minimum Gasteiger partial charge on any atom is -0.338 e. The maximum Gasteiger partial charge on any atom is 0.227 e. The molecule has 1 aromatic rings. The molecule has 0 aliphatic carbocycles. The number of rotatable bonds is 4. The zero-order valence-electron chi connectivity index (χ0n) is 13.1. The third-order valence-corrected chi connectivity index (χ3v) is 5.41. The highest BCUT2D eigenvalue weighted by atomic mass is 79.9. The number of piperidine rings is 1. The summed E-state index contributed by atoms with van der Waals surface area (Å²) in [6.45, 7) is 4.44. The molecule has 0 aromatic heterocycles. The van der Waals surface area contributed by atoms with Gasteiger partial charge in [-0.2, -0.15) is 0 Å². The molecule has 1 unspecified atom stereocenters. The van der Waals surface area contributed by atoms with Crippen LogP contribution in [0.1, 0.15) is 37.7 Å². The summed E-state index contributed by atoms with van der Waals surface area (Å²) in [7, 11) is 0. The van der Waals surface area contributed by atoms with Gasteiger partial charge >= 0.3 is 0 Å². The summed E-state index contributed by atoms with van der Waals surface area (Å²) in [5.74, 6) is 0.297. The number of carbonyl (C=O) groups excluding carboxylic acids is 1. The summed E-state index contributed by atoms with van der Waals surface area (Å²) in [4.78, 5) is 17.4. The Morgan fingerprint density at radius 3 is 2.45 bits per heavy atom. The molecule has 120 valence electrons. The van der Waals surface area contributed by atoms with Gasteiger partial charge in [-0.1, -0.05) is 28.1 Å². The van der Waals surface area contributed by atoms with Crippen LogP contribution in [-0.4, -0.2) is 47.9 Å². The van der Waals surface area contributed by atoms with E-state index in [9.17, 15) is 4.79 Å². The molecule has 2 saturated heterocycles. The van der Waals surface area contributed by atoms with Crippen LogP contribution in [0.3, 0.4) is 0 Å². The molecule has 2 heterocycles. The number of hydrogen-bond donors (Lipinski definition) is 0. The minimum atomic E-state index is 0.297. The van der Waals surface area contributed by atoms with Crippen molar-refractivity contribution >= 4 is 21.8 Å². The van der Waals surface area contributed by atoms with Crippen molar-refractivity contribution in [1.82, 2.24) is 9.80 Å². The first-order valence-corrected chi connectivity index (χ1v) is 9.28. The molecule has 22 heavy (non-hydrogen) atoms. The molecule has 2 aliphatic rings. The second-order valence-electron chi connectivity index (χ2n) is 6.55. The van der Waals surface area contributed by atoms with Gasteiger partial charge in [0.2, 0.25) is 5.91 Å². The van der Waals surface area contributed by atoms with Crippen LogP contribution in [0.25, 0.3) is 0 Å². The van der Waals surface area contributed by atoms with Crippen LogP contribution in [-0.2, 0) is 11.2 Å². The van der Waals surface area contributed by atoms with Crippen molar-refractivity contribution < 1.29 is 4.79 Å². The predicted octanol–water partition coefficient (Wildman–Crippen LogP) is 3.47. The number of benzene rings is 1. The molecule has 3 nitrogen and oxygen atoms in total. The van der Waals surface area contributed by atoms with E-state index in [1.54, 1.807) is 0 Å². The molecule has 3 rings (SSSR count). The maximum absolute atomic E-state index is 12.7. The molecule has 4 heteroatoms. The van der Waals surface area contributed by atoms with Gasteiger partial charge in [0.1, 0.15) is 0 Å². The Hall–Kier alpha value is -0.870. The average Bonchev–Trinajstić information content (AvgIpc) is 3.03. The van der Waals surface area contributed by atoms with Crippen LogP contribution in [0.2, 0.25) is 0 Å². The van der Waals surface area contributed by atoms with Crippen molar-refractivity contribution in [3.8, 4) is 0 Å². The summed E-state index contributed by atoms with van der Waals surface area (Å²) < 4.78 is 1.06. The summed E-state index contributed by atoms with van der Waals surface area (Å²) in [6.07, 6.45) is 6.76. The molecule has 2 aliphatic heterocycles. The zero-order chi connectivity index (χ0) is 15.4. The van der Waals surface area contributed by atoms with Crippen molar-refractivity contribution in [1.29, 1.82) is 0 Å². The summed E-state index contributed by atoms with van der Waals surface area (Å²) in [5, 5.41) is 0. The fourth-order valence-corrected chi connectivity index (χ4v) is 3.92. The topological polar surface area (TPSA) is 23.6 Å². The van der Waals surface area contributed by atoms with Crippen molar-refractivity contribution in [2.24, 2.45) is 0 Å². The van der Waals surface area contributed by atoms with Gasteiger partial charge in [0.05, 0.1) is 6.42 Å². The molecule has 1 amide bonds. The highest BCUT2D eigenvalue weighted by molar-refractivity contribution is 9.10. The maximum atomic E-state index is 12.7. The zero-order valence-corrected chi connectivity index (χ0v) is 14.7. The number of nitrogens with zero attached hydrogens (tertiary/aromatic N) is 2. The quantitative estimate of drug-likeness (QED) is 0.816. The molecule has 0 radical (unpaired) electrons. The Bertz CT molecular complexity index is 496. The van der Waals surface area contributed by atoms with Gasteiger partial charge in [-0.3, -0.25) is 4.79 Å². The molecule has 2 fully saturated rings. The van der Waals surface area contributed by atoms with E-state index in [0.29, 0.717) is 18.4 Å². The van der Waals surface area contributed by atoms with E-state index in [1.807, 2.05) is 24.3 Å². The van der Waals surface area contributed by atoms with E-state index in [0.717, 1.165) is 29.5 Å². The second-order valence-corrected chi connectivity index (χ2v) is 7.46. The van der Waals surface area contributed by atoms with Gasteiger partial charge in [-0.25, -0.2) is 0 Å². The van der Waals surface area contributed by atoms with Gasteiger partial charge in [0.15, 0.2) is 0 Å². The summed E-state index contributed by atoms with van der Waals surface area (Å²) >= 11 is 3.45. The second kappa shape index (κ2) is 7.60. The van der Waals surface area contributed by atoms with Crippen molar-refractivity contribution in [3.63, 3.8) is 0 Å². The van der Waals surface area contributed by atoms with Crippen molar-refractivity contribution in [3.05, 3.63) is 34.3 Å². The van der Waals surface area contributed by atoms with Gasteiger partial charge in [0.25, 0.3) is 0 Å². The fraction of sp³-hybridized carbons (Fsp3) is 0.611. The first-order chi connectivity index (χ1) is 10.7. The minimum absolute atomic E-state index is 0.297. The lowest BCUT2D eigenvalue weighted by atomic mass is 10.00. The lowest BCUT2D eigenvalue weighted by Gasteiger charge is -2.38. The predicted molar refractivity (Wildman–Crippen MR) is 92.9 cm³/mol. The molecule has 0 bridgehead atoms. The first-order valence-electron chi connectivity index (χ1n) is 8.48. The Balaban J connectivity index is 1.61. The van der Waals surface area contributed by atoms with Crippen molar-refractivity contribution in [2.45, 2.75) is 44.6 Å². The molecule has 1 atom stereocenters. The molecule has 0 spiro atoms. The van der Waals surface area contributed by atoms with Crippen LogP contribution in [0, 0.1) is 0 Å². The average molecular weight is 365 g/mol. The van der Waals surface area contributed by atoms with Crippen molar-refractivity contribution in [2.75, 3.05) is 26.2 Å². The third-order valence-electron chi connectivity index (χ3n) is 4.88. The monoisotopic (exact) mass is 364 g/mol. The number of carbonyl (C=O) groups is 1. The first kappa shape index (κ1) is 16.0. The van der Waals surface area contributed by atoms with Crippen LogP contribution >= 0.6 is 15.9 Å². The standard InChI is InChI=1S/C18H25BrN2O/c19-16-8-6-15(7-9-16)13-18(22)21-12-2-1-5-17(21)14-20-10-3-4-11-20/h6-9,17H,1-5,10-14H2. The van der Waals surface area contributed by atoms with Gasteiger partial charge in [0, 0.05) is 23.6 Å². The van der Waals surface area contributed by atoms with E-state index in [4.69, 9.17) is 0 Å². The van der Waals surface area contributed by atoms with E-state index in [1.165, 1.54) is 38.8 Å². The largest absolute Gasteiger partial charge is 0.338 e. The lowest BCUT2D eigenvalue weighted by molar-refractivity contribution is -0.134. The van der Waals surface area contributed by atoms with Crippen LogP contribution in [0.4, 0.5) is 0 Å². The molecular weight excluding hydrogens is 340 g/mol. The Kier molecular flexibility index (Phi) is 5.53. The van der Waals surface area contributed by atoms with E-state index >= 15 is 0 Å². The molecular formula is C18H25BrN2O. The van der Waals surface area contributed by atoms with Gasteiger partial charge in [-0.15, -0.1) is 0 Å². The van der Waals surface area contributed by atoms with E-state index in [-0.39, 0.29) is 0 Å².